The third kappa shape index (κ3) is 3.22. The molecule has 2 heterocycles. The van der Waals surface area contributed by atoms with Crippen LogP contribution in [0.5, 0.6) is 0 Å². The topological polar surface area (TPSA) is 69.7 Å². The van der Waals surface area contributed by atoms with Crippen LogP contribution in [0.2, 0.25) is 5.02 Å². The molecule has 2 aliphatic heterocycles. The Hall–Kier alpha value is -2.93. The highest BCUT2D eigenvalue weighted by molar-refractivity contribution is 6.31. The van der Waals surface area contributed by atoms with Crippen molar-refractivity contribution in [2.45, 2.75) is 18.5 Å². The monoisotopic (exact) mass is 401 g/mol. The van der Waals surface area contributed by atoms with Gasteiger partial charge in [-0.3, -0.25) is 14.5 Å². The summed E-state index contributed by atoms with van der Waals surface area (Å²) in [5.41, 5.74) is -0.0398. The van der Waals surface area contributed by atoms with Gasteiger partial charge in [-0.05, 0) is 42.3 Å². The molecule has 0 aromatic heterocycles. The van der Waals surface area contributed by atoms with Gasteiger partial charge in [0.05, 0.1) is 13.1 Å². The summed E-state index contributed by atoms with van der Waals surface area (Å²) in [6, 6.07) is 11.7. The Bertz CT molecular complexity index is 965. The van der Waals surface area contributed by atoms with Gasteiger partial charge in [-0.15, -0.1) is 0 Å². The van der Waals surface area contributed by atoms with E-state index in [1.165, 1.54) is 24.3 Å². The van der Waals surface area contributed by atoms with Crippen LogP contribution in [0, 0.1) is 5.82 Å². The fourth-order valence-corrected chi connectivity index (χ4v) is 3.85. The molecule has 144 valence electrons. The molecule has 1 N–H and O–H groups in total. The number of carbonyl (C=O) groups is 3. The number of hydrogen-bond acceptors (Lipinski definition) is 3. The molecule has 0 aliphatic carbocycles. The van der Waals surface area contributed by atoms with Crippen molar-refractivity contribution in [3.63, 3.8) is 0 Å². The molecule has 6 nitrogen and oxygen atoms in total. The van der Waals surface area contributed by atoms with Crippen molar-refractivity contribution in [2.75, 3.05) is 13.1 Å². The van der Waals surface area contributed by atoms with Gasteiger partial charge in [0, 0.05) is 17.1 Å². The predicted octanol–water partition coefficient (Wildman–Crippen LogP) is 2.82. The van der Waals surface area contributed by atoms with E-state index >= 15 is 0 Å². The number of imide groups is 1. The molecule has 0 radical (unpaired) electrons. The summed E-state index contributed by atoms with van der Waals surface area (Å²) in [5.74, 6) is -0.995. The lowest BCUT2D eigenvalue weighted by molar-refractivity contribution is -0.131. The van der Waals surface area contributed by atoms with Gasteiger partial charge in [-0.1, -0.05) is 29.8 Å². The average molecular weight is 402 g/mol. The van der Waals surface area contributed by atoms with Gasteiger partial charge in [-0.2, -0.15) is 0 Å². The van der Waals surface area contributed by atoms with E-state index in [9.17, 15) is 18.8 Å². The van der Waals surface area contributed by atoms with E-state index < -0.39 is 11.6 Å². The molecule has 2 aromatic carbocycles. The minimum atomic E-state index is -1.12. The minimum Gasteiger partial charge on any atom is -0.336 e. The van der Waals surface area contributed by atoms with Crippen molar-refractivity contribution < 1.29 is 18.8 Å². The molecule has 4 rings (SSSR count). The molecule has 2 fully saturated rings. The summed E-state index contributed by atoms with van der Waals surface area (Å²) in [5, 5.41) is 3.21. The number of nitrogens with one attached hydrogen (secondary N) is 1. The Balaban J connectivity index is 1.50. The Labute approximate surface area is 165 Å². The Morgan fingerprint density at radius 2 is 1.93 bits per heavy atom. The molecule has 28 heavy (non-hydrogen) atoms. The predicted molar refractivity (Wildman–Crippen MR) is 100 cm³/mol. The molecule has 1 atom stereocenters. The third-order valence-electron chi connectivity index (χ3n) is 5.13. The molecular formula is C20H17ClFN3O3. The maximum Gasteiger partial charge on any atom is 0.325 e. The van der Waals surface area contributed by atoms with Gasteiger partial charge in [-0.25, -0.2) is 9.18 Å². The lowest BCUT2D eigenvalue weighted by Gasteiger charge is -2.22. The number of nitrogens with zero attached hydrogens (tertiary/aromatic N) is 2. The summed E-state index contributed by atoms with van der Waals surface area (Å²) in [4.78, 5) is 40.8. The second-order valence-corrected chi connectivity index (χ2v) is 7.45. The van der Waals surface area contributed by atoms with Crippen molar-refractivity contribution in [1.82, 2.24) is 15.1 Å². The molecule has 8 heteroatoms. The number of hydrogen-bond donors (Lipinski definition) is 1. The SMILES string of the molecule is O=C(c1cccc(Cl)c1)N1CCC2(C1)NC(=O)N(Cc1ccc(F)cc1)C2=O. The summed E-state index contributed by atoms with van der Waals surface area (Å²) in [6.45, 7) is 0.500. The molecule has 2 saturated heterocycles. The van der Waals surface area contributed by atoms with Crippen molar-refractivity contribution in [1.29, 1.82) is 0 Å². The maximum atomic E-state index is 13.1. The van der Waals surface area contributed by atoms with Crippen LogP contribution in [0.3, 0.4) is 0 Å². The van der Waals surface area contributed by atoms with E-state index in [2.05, 4.69) is 5.32 Å². The van der Waals surface area contributed by atoms with E-state index in [1.807, 2.05) is 0 Å². The molecular weight excluding hydrogens is 385 g/mol. The van der Waals surface area contributed by atoms with Crippen LogP contribution in [0.15, 0.2) is 48.5 Å². The number of amides is 4. The van der Waals surface area contributed by atoms with Crippen LogP contribution in [0.1, 0.15) is 22.3 Å². The van der Waals surface area contributed by atoms with Crippen molar-refractivity contribution in [3.8, 4) is 0 Å². The zero-order valence-corrected chi connectivity index (χ0v) is 15.6. The smallest absolute Gasteiger partial charge is 0.325 e. The summed E-state index contributed by atoms with van der Waals surface area (Å²) in [6.07, 6.45) is 0.337. The molecule has 0 saturated carbocycles. The first-order chi connectivity index (χ1) is 13.4. The normalized spacial score (nSPS) is 21.5. The van der Waals surface area contributed by atoms with Crippen molar-refractivity contribution >= 4 is 29.4 Å². The van der Waals surface area contributed by atoms with Crippen LogP contribution >= 0.6 is 11.6 Å². The van der Waals surface area contributed by atoms with Crippen molar-refractivity contribution in [2.24, 2.45) is 0 Å². The third-order valence-corrected chi connectivity index (χ3v) is 5.36. The zero-order valence-electron chi connectivity index (χ0n) is 14.8. The molecule has 0 bridgehead atoms. The van der Waals surface area contributed by atoms with E-state index in [1.54, 1.807) is 29.2 Å². The van der Waals surface area contributed by atoms with Crippen LogP contribution in [0.25, 0.3) is 0 Å². The number of urea groups is 1. The molecule has 2 aliphatic rings. The fraction of sp³-hybridized carbons (Fsp3) is 0.250. The first-order valence-electron chi connectivity index (χ1n) is 8.81. The van der Waals surface area contributed by atoms with Crippen molar-refractivity contribution in [3.05, 3.63) is 70.5 Å². The molecule has 1 unspecified atom stereocenters. The Kier molecular flexibility index (Phi) is 4.55. The van der Waals surface area contributed by atoms with E-state index in [4.69, 9.17) is 11.6 Å². The number of carbonyl (C=O) groups excluding carboxylic acids is 3. The molecule has 1 spiro atoms. The van der Waals surface area contributed by atoms with Crippen LogP contribution in [0.4, 0.5) is 9.18 Å². The second kappa shape index (κ2) is 6.91. The first kappa shape index (κ1) is 18.4. The highest BCUT2D eigenvalue weighted by atomic mass is 35.5. The van der Waals surface area contributed by atoms with Gasteiger partial charge >= 0.3 is 6.03 Å². The number of likely N-dealkylation sites (tertiary alicyclic amines) is 1. The molecule has 4 amide bonds. The minimum absolute atomic E-state index is 0.0505. The van der Waals surface area contributed by atoms with E-state index in [0.29, 0.717) is 29.1 Å². The zero-order chi connectivity index (χ0) is 19.9. The largest absolute Gasteiger partial charge is 0.336 e. The summed E-state index contributed by atoms with van der Waals surface area (Å²) in [7, 11) is 0. The van der Waals surface area contributed by atoms with Gasteiger partial charge in [0.15, 0.2) is 0 Å². The lowest BCUT2D eigenvalue weighted by atomic mass is 9.99. The molecule has 2 aromatic rings. The summed E-state index contributed by atoms with van der Waals surface area (Å²) >= 11 is 5.95. The maximum absolute atomic E-state index is 13.1. The number of rotatable bonds is 3. The van der Waals surface area contributed by atoms with Gasteiger partial charge in [0.1, 0.15) is 11.4 Å². The lowest BCUT2D eigenvalue weighted by Crippen LogP contribution is -2.49. The van der Waals surface area contributed by atoms with Gasteiger partial charge in [0.25, 0.3) is 11.8 Å². The van der Waals surface area contributed by atoms with Crippen LogP contribution < -0.4 is 5.32 Å². The van der Waals surface area contributed by atoms with Gasteiger partial charge in [0.2, 0.25) is 0 Å². The van der Waals surface area contributed by atoms with Crippen LogP contribution in [-0.2, 0) is 11.3 Å². The first-order valence-corrected chi connectivity index (χ1v) is 9.19. The summed E-state index contributed by atoms with van der Waals surface area (Å²) < 4.78 is 13.1. The number of halogens is 2. The van der Waals surface area contributed by atoms with Gasteiger partial charge < -0.3 is 10.2 Å². The Morgan fingerprint density at radius 1 is 1.18 bits per heavy atom. The quantitative estimate of drug-likeness (QED) is 0.804. The van der Waals surface area contributed by atoms with E-state index in [0.717, 1.165) is 4.90 Å². The highest BCUT2D eigenvalue weighted by Crippen LogP contribution is 2.30. The average Bonchev–Trinajstić information content (AvgIpc) is 3.20. The standard InChI is InChI=1S/C20H17ClFN3O3/c21-15-3-1-2-14(10-15)17(26)24-9-8-20(12-24)18(27)25(19(28)23-20)11-13-4-6-16(22)7-5-13/h1-7,10H,8-9,11-12H2,(H,23,28). The second-order valence-electron chi connectivity index (χ2n) is 7.02. The fourth-order valence-electron chi connectivity index (χ4n) is 3.66. The highest BCUT2D eigenvalue weighted by Gasteiger charge is 2.55. The van der Waals surface area contributed by atoms with Crippen LogP contribution in [-0.4, -0.2) is 46.3 Å². The number of benzene rings is 2. The van der Waals surface area contributed by atoms with E-state index in [-0.39, 0.29) is 30.7 Å². The Morgan fingerprint density at radius 3 is 2.64 bits per heavy atom.